The largest absolute Gasteiger partial charge is 0.356 e. The number of carbonyl (C=O) groups excluding carboxylic acids is 1. The van der Waals surface area contributed by atoms with Crippen LogP contribution >= 0.6 is 11.3 Å². The Labute approximate surface area is 132 Å². The Hall–Kier alpha value is -2.47. The minimum absolute atomic E-state index is 0.0690. The normalized spacial score (nSPS) is 10.7. The number of nitrogens with one attached hydrogen (secondary N) is 2. The Kier molecular flexibility index (Phi) is 3.77. The van der Waals surface area contributed by atoms with Crippen LogP contribution in [0.25, 0.3) is 11.4 Å². The second-order valence-corrected chi connectivity index (χ2v) is 5.92. The van der Waals surface area contributed by atoms with Crippen LogP contribution in [0.1, 0.15) is 28.5 Å². The van der Waals surface area contributed by atoms with Crippen LogP contribution in [0.15, 0.2) is 29.8 Å². The third-order valence-electron chi connectivity index (χ3n) is 3.45. The van der Waals surface area contributed by atoms with Crippen molar-refractivity contribution in [1.29, 1.82) is 0 Å². The first-order valence-corrected chi connectivity index (χ1v) is 7.78. The van der Waals surface area contributed by atoms with Gasteiger partial charge < -0.3 is 10.3 Å². The number of aromatic nitrogens is 3. The number of rotatable bonds is 4. The lowest BCUT2D eigenvalue weighted by atomic mass is 10.1. The molecular formula is C16H16N4OS. The molecule has 112 valence electrons. The molecular weight excluding hydrogens is 296 g/mol. The standard InChI is InChI=1S/C16H16N4OS/c1-9-14(11(3)21)10(2)18-15(9)12-8-22-16(19-12)20-13-6-4-5-7-17-13/h4-8,18H,1-3H3,(H,17,19,20). The van der Waals surface area contributed by atoms with Crippen LogP contribution in [0.5, 0.6) is 0 Å². The summed E-state index contributed by atoms with van der Waals surface area (Å²) >= 11 is 1.50. The van der Waals surface area contributed by atoms with E-state index in [0.717, 1.165) is 39.2 Å². The van der Waals surface area contributed by atoms with Gasteiger partial charge in [0.25, 0.3) is 0 Å². The van der Waals surface area contributed by atoms with Gasteiger partial charge >= 0.3 is 0 Å². The highest BCUT2D eigenvalue weighted by Crippen LogP contribution is 2.31. The van der Waals surface area contributed by atoms with E-state index in [1.165, 1.54) is 11.3 Å². The average Bonchev–Trinajstić information content (AvgIpc) is 3.04. The van der Waals surface area contributed by atoms with Gasteiger partial charge in [0.15, 0.2) is 10.9 Å². The molecule has 5 nitrogen and oxygen atoms in total. The van der Waals surface area contributed by atoms with Crippen molar-refractivity contribution in [2.75, 3.05) is 5.32 Å². The summed E-state index contributed by atoms with van der Waals surface area (Å²) in [6.45, 7) is 5.44. The molecule has 0 aliphatic carbocycles. The number of pyridine rings is 1. The Bertz CT molecular complexity index is 820. The van der Waals surface area contributed by atoms with Gasteiger partial charge in [-0.15, -0.1) is 11.3 Å². The van der Waals surface area contributed by atoms with Crippen LogP contribution in [0.3, 0.4) is 0 Å². The highest BCUT2D eigenvalue weighted by Gasteiger charge is 2.17. The Morgan fingerprint density at radius 2 is 2.14 bits per heavy atom. The Morgan fingerprint density at radius 3 is 2.77 bits per heavy atom. The number of anilines is 2. The summed E-state index contributed by atoms with van der Waals surface area (Å²) in [5.74, 6) is 0.826. The lowest BCUT2D eigenvalue weighted by molar-refractivity contribution is 0.101. The van der Waals surface area contributed by atoms with Crippen LogP contribution < -0.4 is 5.32 Å². The molecule has 0 aromatic carbocycles. The first kappa shape index (κ1) is 14.5. The molecule has 3 rings (SSSR count). The van der Waals surface area contributed by atoms with E-state index in [9.17, 15) is 4.79 Å². The summed E-state index contributed by atoms with van der Waals surface area (Å²) in [6.07, 6.45) is 1.73. The summed E-state index contributed by atoms with van der Waals surface area (Å²) in [6, 6.07) is 5.67. The molecule has 0 atom stereocenters. The molecule has 22 heavy (non-hydrogen) atoms. The van der Waals surface area contributed by atoms with Crippen LogP contribution in [0.2, 0.25) is 0 Å². The van der Waals surface area contributed by atoms with Gasteiger partial charge in [-0.1, -0.05) is 6.07 Å². The minimum atomic E-state index is 0.0690. The van der Waals surface area contributed by atoms with E-state index in [-0.39, 0.29) is 5.78 Å². The molecule has 0 saturated carbocycles. The molecule has 6 heteroatoms. The van der Waals surface area contributed by atoms with Crippen LogP contribution in [-0.4, -0.2) is 20.7 Å². The highest BCUT2D eigenvalue weighted by atomic mass is 32.1. The SMILES string of the molecule is CC(=O)c1c(C)[nH]c(-c2csc(Nc3ccccn3)n2)c1C. The van der Waals surface area contributed by atoms with Gasteiger partial charge in [-0.2, -0.15) is 0 Å². The molecule has 3 aromatic heterocycles. The summed E-state index contributed by atoms with van der Waals surface area (Å²) in [4.78, 5) is 23.8. The molecule has 2 N–H and O–H groups in total. The summed E-state index contributed by atoms with van der Waals surface area (Å²) in [7, 11) is 0. The maximum absolute atomic E-state index is 11.7. The van der Waals surface area contributed by atoms with Crippen molar-refractivity contribution in [3.05, 3.63) is 46.6 Å². The number of ketones is 1. The number of Topliss-reactive ketones (excluding diaryl/α,β-unsaturated/α-hetero) is 1. The number of aromatic amines is 1. The molecule has 0 unspecified atom stereocenters. The number of hydrogen-bond acceptors (Lipinski definition) is 5. The maximum Gasteiger partial charge on any atom is 0.188 e. The molecule has 0 aliphatic heterocycles. The van der Waals surface area contributed by atoms with Gasteiger partial charge in [0.2, 0.25) is 0 Å². The molecule has 0 radical (unpaired) electrons. The molecule has 0 aliphatic rings. The number of H-pyrrole nitrogens is 1. The van der Waals surface area contributed by atoms with Gasteiger partial charge in [0.1, 0.15) is 11.5 Å². The number of thiazole rings is 1. The minimum Gasteiger partial charge on any atom is -0.356 e. The predicted octanol–water partition coefficient (Wildman–Crippen LogP) is 4.10. The quantitative estimate of drug-likeness (QED) is 0.712. The topological polar surface area (TPSA) is 70.7 Å². The number of carbonyl (C=O) groups is 1. The second kappa shape index (κ2) is 5.73. The fourth-order valence-electron chi connectivity index (χ4n) is 2.53. The van der Waals surface area contributed by atoms with Gasteiger partial charge in [-0.3, -0.25) is 4.79 Å². The van der Waals surface area contributed by atoms with E-state index in [2.05, 4.69) is 20.3 Å². The van der Waals surface area contributed by atoms with Gasteiger partial charge in [-0.05, 0) is 38.5 Å². The highest BCUT2D eigenvalue weighted by molar-refractivity contribution is 7.14. The third kappa shape index (κ3) is 2.65. The molecule has 0 bridgehead atoms. The average molecular weight is 312 g/mol. The molecule has 0 saturated heterocycles. The summed E-state index contributed by atoms with van der Waals surface area (Å²) in [5, 5.41) is 5.91. The van der Waals surface area contributed by atoms with E-state index < -0.39 is 0 Å². The fourth-order valence-corrected chi connectivity index (χ4v) is 3.23. The maximum atomic E-state index is 11.7. The van der Waals surface area contributed by atoms with Crippen molar-refractivity contribution in [3.63, 3.8) is 0 Å². The van der Waals surface area contributed by atoms with Gasteiger partial charge in [-0.25, -0.2) is 9.97 Å². The first-order valence-electron chi connectivity index (χ1n) is 6.90. The van der Waals surface area contributed by atoms with Crippen LogP contribution in [0, 0.1) is 13.8 Å². The van der Waals surface area contributed by atoms with E-state index in [1.807, 2.05) is 37.4 Å². The van der Waals surface area contributed by atoms with Crippen molar-refractivity contribution in [2.45, 2.75) is 20.8 Å². The van der Waals surface area contributed by atoms with Crippen LogP contribution in [-0.2, 0) is 0 Å². The first-order chi connectivity index (χ1) is 10.6. The molecule has 0 amide bonds. The zero-order chi connectivity index (χ0) is 15.7. The van der Waals surface area contributed by atoms with E-state index >= 15 is 0 Å². The fraction of sp³-hybridized carbons (Fsp3) is 0.188. The van der Waals surface area contributed by atoms with Crippen molar-refractivity contribution in [2.24, 2.45) is 0 Å². The molecule has 0 spiro atoms. The van der Waals surface area contributed by atoms with E-state index in [0.29, 0.717) is 0 Å². The number of aryl methyl sites for hydroxylation is 1. The lowest BCUT2D eigenvalue weighted by Crippen LogP contribution is -1.95. The lowest BCUT2D eigenvalue weighted by Gasteiger charge is -2.00. The third-order valence-corrected chi connectivity index (χ3v) is 4.21. The summed E-state index contributed by atoms with van der Waals surface area (Å²) < 4.78 is 0. The monoisotopic (exact) mass is 312 g/mol. The Balaban J connectivity index is 1.91. The van der Waals surface area contributed by atoms with Crippen molar-refractivity contribution in [1.82, 2.24) is 15.0 Å². The number of hydrogen-bond donors (Lipinski definition) is 2. The van der Waals surface area contributed by atoms with Crippen molar-refractivity contribution in [3.8, 4) is 11.4 Å². The zero-order valence-electron chi connectivity index (χ0n) is 12.6. The number of nitrogens with zero attached hydrogens (tertiary/aromatic N) is 2. The summed E-state index contributed by atoms with van der Waals surface area (Å²) in [5.41, 5.74) is 4.30. The van der Waals surface area contributed by atoms with Crippen molar-refractivity contribution >= 4 is 28.1 Å². The molecule has 0 fully saturated rings. The Morgan fingerprint density at radius 1 is 1.32 bits per heavy atom. The smallest absolute Gasteiger partial charge is 0.188 e. The van der Waals surface area contributed by atoms with Crippen LogP contribution in [0.4, 0.5) is 10.9 Å². The molecule has 3 aromatic rings. The zero-order valence-corrected chi connectivity index (χ0v) is 13.4. The van der Waals surface area contributed by atoms with E-state index in [4.69, 9.17) is 0 Å². The molecule has 3 heterocycles. The van der Waals surface area contributed by atoms with Gasteiger partial charge in [0.05, 0.1) is 5.69 Å². The van der Waals surface area contributed by atoms with Crippen molar-refractivity contribution < 1.29 is 4.79 Å². The predicted molar refractivity (Wildman–Crippen MR) is 88.9 cm³/mol. The second-order valence-electron chi connectivity index (χ2n) is 5.06. The van der Waals surface area contributed by atoms with E-state index in [1.54, 1.807) is 13.1 Å². The van der Waals surface area contributed by atoms with Gasteiger partial charge in [0, 0.05) is 22.8 Å².